The van der Waals surface area contributed by atoms with E-state index in [1.165, 1.54) is 27.7 Å². The molecule has 0 radical (unpaired) electrons. The summed E-state index contributed by atoms with van der Waals surface area (Å²) in [6.07, 6.45) is 2.40. The van der Waals surface area contributed by atoms with Crippen molar-refractivity contribution in [1.82, 2.24) is 18.8 Å². The molecule has 32 heavy (non-hydrogen) atoms. The zero-order chi connectivity index (χ0) is 23.0. The molecule has 0 bridgehead atoms. The fourth-order valence-corrected chi connectivity index (χ4v) is 5.87. The molecule has 3 aliphatic rings. The van der Waals surface area contributed by atoms with Crippen molar-refractivity contribution in [1.29, 1.82) is 0 Å². The van der Waals surface area contributed by atoms with Crippen molar-refractivity contribution in [3.63, 3.8) is 0 Å². The van der Waals surface area contributed by atoms with E-state index >= 15 is 0 Å². The Morgan fingerprint density at radius 3 is 2.50 bits per heavy atom. The summed E-state index contributed by atoms with van der Waals surface area (Å²) >= 11 is 0. The molecule has 5 rings (SSSR count). The zero-order valence-corrected chi connectivity index (χ0v) is 18.8. The van der Waals surface area contributed by atoms with E-state index in [2.05, 4.69) is 4.72 Å². The van der Waals surface area contributed by atoms with E-state index in [0.29, 0.717) is 18.0 Å². The first-order valence-corrected chi connectivity index (χ1v) is 12.3. The molecule has 2 saturated carbocycles. The van der Waals surface area contributed by atoms with E-state index in [1.807, 2.05) is 6.92 Å². The number of hydrogen-bond donors (Lipinski definition) is 2. The number of aromatic nitrogens is 2. The highest BCUT2D eigenvalue weighted by Gasteiger charge is 2.43. The van der Waals surface area contributed by atoms with Crippen LogP contribution in [0.1, 0.15) is 45.6 Å². The van der Waals surface area contributed by atoms with Gasteiger partial charge in [-0.05, 0) is 63.6 Å². The van der Waals surface area contributed by atoms with Gasteiger partial charge in [-0.2, -0.15) is 0 Å². The molecule has 2 atom stereocenters. The fraction of sp³-hybridized carbons (Fsp3) is 0.571. The first kappa shape index (κ1) is 21.2. The van der Waals surface area contributed by atoms with E-state index < -0.39 is 45.0 Å². The molecule has 2 heterocycles. The van der Waals surface area contributed by atoms with Gasteiger partial charge in [0.1, 0.15) is 0 Å². The molecule has 172 valence electrons. The lowest BCUT2D eigenvalue weighted by Gasteiger charge is -2.44. The first-order valence-electron chi connectivity index (χ1n) is 10.8. The lowest BCUT2D eigenvalue weighted by atomic mass is 9.98. The van der Waals surface area contributed by atoms with Gasteiger partial charge in [-0.15, -0.1) is 0 Å². The lowest BCUT2D eigenvalue weighted by Crippen LogP contribution is -2.61. The predicted octanol–water partition coefficient (Wildman–Crippen LogP) is 1.33. The predicted molar refractivity (Wildman–Crippen MR) is 116 cm³/mol. The minimum atomic E-state index is -3.82. The van der Waals surface area contributed by atoms with Gasteiger partial charge in [-0.25, -0.2) is 22.7 Å². The Morgan fingerprint density at radius 1 is 1.25 bits per heavy atom. The van der Waals surface area contributed by atoms with Gasteiger partial charge in [-0.1, -0.05) is 0 Å². The highest BCUT2D eigenvalue weighted by atomic mass is 32.2. The van der Waals surface area contributed by atoms with Crippen LogP contribution >= 0.6 is 0 Å². The highest BCUT2D eigenvalue weighted by Crippen LogP contribution is 2.36. The summed E-state index contributed by atoms with van der Waals surface area (Å²) in [4.78, 5) is 39.2. The van der Waals surface area contributed by atoms with Crippen molar-refractivity contribution in [3.8, 4) is 0 Å². The summed E-state index contributed by atoms with van der Waals surface area (Å²) in [5.41, 5.74) is -1.12. The van der Waals surface area contributed by atoms with Gasteiger partial charge in [0.2, 0.25) is 10.0 Å². The van der Waals surface area contributed by atoms with Gasteiger partial charge in [0, 0.05) is 18.6 Å². The maximum Gasteiger partial charge on any atom is 0.407 e. The number of carboxylic acid groups (broad SMARTS) is 1. The molecule has 1 aromatic carbocycles. The average molecular weight is 463 g/mol. The largest absolute Gasteiger partial charge is 0.465 e. The van der Waals surface area contributed by atoms with Crippen LogP contribution in [0.15, 0.2) is 32.7 Å². The van der Waals surface area contributed by atoms with Crippen LogP contribution in [0.3, 0.4) is 0 Å². The summed E-state index contributed by atoms with van der Waals surface area (Å²) in [5.74, 6) is 0.344. The van der Waals surface area contributed by atoms with Crippen molar-refractivity contribution in [2.75, 3.05) is 6.54 Å². The van der Waals surface area contributed by atoms with E-state index in [1.54, 1.807) is 6.92 Å². The molecule has 1 aromatic heterocycles. The van der Waals surface area contributed by atoms with Gasteiger partial charge in [-0.3, -0.25) is 13.9 Å². The molecule has 2 N–H and O–H groups in total. The molecule has 1 amide bonds. The third-order valence-electron chi connectivity index (χ3n) is 6.98. The summed E-state index contributed by atoms with van der Waals surface area (Å²) in [7, 11) is -3.82. The molecule has 1 saturated heterocycles. The second-order valence-electron chi connectivity index (χ2n) is 9.60. The monoisotopic (exact) mass is 462 g/mol. The average Bonchev–Trinajstić information content (AvgIpc) is 3.64. The van der Waals surface area contributed by atoms with Gasteiger partial charge < -0.3 is 10.0 Å². The van der Waals surface area contributed by atoms with Crippen molar-refractivity contribution in [3.05, 3.63) is 39.0 Å². The quantitative estimate of drug-likeness (QED) is 0.666. The molecular weight excluding hydrogens is 436 g/mol. The number of nitrogens with one attached hydrogen (secondary N) is 1. The van der Waals surface area contributed by atoms with Crippen molar-refractivity contribution in [2.24, 2.45) is 5.92 Å². The minimum Gasteiger partial charge on any atom is -0.465 e. The summed E-state index contributed by atoms with van der Waals surface area (Å²) in [6.45, 7) is 3.98. The molecule has 1 aliphatic heterocycles. The van der Waals surface area contributed by atoms with Gasteiger partial charge in [0.05, 0.1) is 27.9 Å². The third-order valence-corrected chi connectivity index (χ3v) is 8.62. The second-order valence-corrected chi connectivity index (χ2v) is 11.3. The van der Waals surface area contributed by atoms with Gasteiger partial charge >= 0.3 is 11.8 Å². The molecule has 2 unspecified atom stereocenters. The van der Waals surface area contributed by atoms with Crippen LogP contribution in [-0.4, -0.2) is 51.8 Å². The maximum absolute atomic E-state index is 13.4. The van der Waals surface area contributed by atoms with Crippen LogP contribution in [0.5, 0.6) is 0 Å². The van der Waals surface area contributed by atoms with E-state index in [-0.39, 0.29) is 16.8 Å². The molecular formula is C21H26N4O6S. The number of benzene rings is 1. The third kappa shape index (κ3) is 3.43. The van der Waals surface area contributed by atoms with Crippen LogP contribution in [0, 0.1) is 5.92 Å². The summed E-state index contributed by atoms with van der Waals surface area (Å²) in [6, 6.07) is 3.17. The number of amides is 1. The standard InChI is InChI=1S/C21H26N4O6S/c1-12-17(11-23(12)20(28)29)25-18(26)15-9-14(32(30,31)22-21(2)7-8-21)5-6-16(15)24(19(25)27)10-13-3-4-13/h5-6,9,12-13,17,22H,3-4,7-8,10-11H2,1-2H3,(H,28,29). The Balaban J connectivity index is 1.66. The topological polar surface area (TPSA) is 131 Å². The lowest BCUT2D eigenvalue weighted by molar-refractivity contribution is 0.0351. The number of fused-ring (bicyclic) bond motifs is 1. The maximum atomic E-state index is 13.4. The van der Waals surface area contributed by atoms with E-state index in [4.69, 9.17) is 0 Å². The van der Waals surface area contributed by atoms with Crippen molar-refractivity contribution < 1.29 is 18.3 Å². The number of likely N-dealkylation sites (tertiary alicyclic amines) is 1. The van der Waals surface area contributed by atoms with Crippen LogP contribution in [0.2, 0.25) is 0 Å². The summed E-state index contributed by atoms with van der Waals surface area (Å²) < 4.78 is 31.1. The molecule has 3 fully saturated rings. The van der Waals surface area contributed by atoms with Crippen molar-refractivity contribution >= 4 is 27.0 Å². The first-order chi connectivity index (χ1) is 15.0. The Labute approximate surface area is 184 Å². The molecule has 11 heteroatoms. The van der Waals surface area contributed by atoms with Crippen LogP contribution in [-0.2, 0) is 16.6 Å². The smallest absolute Gasteiger partial charge is 0.407 e. The number of hydrogen-bond acceptors (Lipinski definition) is 5. The SMILES string of the molecule is CC1C(n2c(=O)c3cc(S(=O)(=O)NC4(C)CC4)ccc3n(CC3CC3)c2=O)CN1C(=O)O. The Bertz CT molecular complexity index is 1350. The molecule has 10 nitrogen and oxygen atoms in total. The molecule has 2 aliphatic carbocycles. The number of nitrogens with zero attached hydrogens (tertiary/aromatic N) is 3. The normalized spacial score (nSPS) is 24.4. The van der Waals surface area contributed by atoms with Crippen LogP contribution in [0.4, 0.5) is 4.79 Å². The van der Waals surface area contributed by atoms with Gasteiger partial charge in [0.15, 0.2) is 0 Å². The second kappa shape index (κ2) is 6.92. The molecule has 0 spiro atoms. The number of carbonyl (C=O) groups is 1. The Kier molecular flexibility index (Phi) is 4.58. The van der Waals surface area contributed by atoms with E-state index in [9.17, 15) is 27.9 Å². The highest BCUT2D eigenvalue weighted by molar-refractivity contribution is 7.89. The van der Waals surface area contributed by atoms with Gasteiger partial charge in [0.25, 0.3) is 5.56 Å². The van der Waals surface area contributed by atoms with E-state index in [0.717, 1.165) is 30.3 Å². The van der Waals surface area contributed by atoms with Crippen LogP contribution in [0.25, 0.3) is 10.9 Å². The zero-order valence-electron chi connectivity index (χ0n) is 17.9. The van der Waals surface area contributed by atoms with Crippen LogP contribution < -0.4 is 16.0 Å². The Morgan fingerprint density at radius 2 is 1.94 bits per heavy atom. The Hall–Kier alpha value is -2.66. The van der Waals surface area contributed by atoms with Crippen molar-refractivity contribution in [2.45, 2.75) is 68.6 Å². The molecule has 2 aromatic rings. The fourth-order valence-electron chi connectivity index (χ4n) is 4.38. The number of rotatable bonds is 6. The summed E-state index contributed by atoms with van der Waals surface area (Å²) in [5, 5.41) is 9.41. The number of sulfonamides is 1. The minimum absolute atomic E-state index is 0.0211.